The fraction of sp³-hybridized carbons (Fsp3) is 0.176. The first-order valence-electron chi connectivity index (χ1n) is 6.96. The Bertz CT molecular complexity index is 751. The molecule has 22 heavy (non-hydrogen) atoms. The Morgan fingerprint density at radius 3 is 2.45 bits per heavy atom. The Morgan fingerprint density at radius 2 is 1.73 bits per heavy atom. The Labute approximate surface area is 129 Å². The highest BCUT2D eigenvalue weighted by molar-refractivity contribution is 5.58. The van der Waals surface area contributed by atoms with Gasteiger partial charge in [0.05, 0.1) is 27.0 Å². The van der Waals surface area contributed by atoms with Crippen LogP contribution >= 0.6 is 0 Å². The van der Waals surface area contributed by atoms with E-state index in [0.29, 0.717) is 6.54 Å². The maximum Gasteiger partial charge on any atom is 0.119 e. The van der Waals surface area contributed by atoms with Gasteiger partial charge in [-0.2, -0.15) is 0 Å². The molecule has 1 heterocycles. The summed E-state index contributed by atoms with van der Waals surface area (Å²) in [4.78, 5) is 0. The highest BCUT2D eigenvalue weighted by Crippen LogP contribution is 2.20. The zero-order valence-electron chi connectivity index (χ0n) is 12.6. The largest absolute Gasteiger partial charge is 0.497 e. The van der Waals surface area contributed by atoms with Crippen molar-refractivity contribution in [2.75, 3.05) is 14.2 Å². The number of ether oxygens (including phenoxy) is 2. The minimum Gasteiger partial charge on any atom is -0.497 e. The van der Waals surface area contributed by atoms with E-state index in [2.05, 4.69) is 10.3 Å². The topological polar surface area (TPSA) is 49.2 Å². The zero-order chi connectivity index (χ0) is 15.4. The number of benzene rings is 2. The number of aromatic nitrogens is 3. The first-order chi connectivity index (χ1) is 10.8. The van der Waals surface area contributed by atoms with Gasteiger partial charge in [0.15, 0.2) is 0 Å². The van der Waals surface area contributed by atoms with E-state index in [-0.39, 0.29) is 0 Å². The van der Waals surface area contributed by atoms with Crippen LogP contribution in [0.1, 0.15) is 5.56 Å². The van der Waals surface area contributed by atoms with E-state index in [1.807, 2.05) is 59.4 Å². The second-order valence-corrected chi connectivity index (χ2v) is 4.88. The van der Waals surface area contributed by atoms with Crippen molar-refractivity contribution in [2.45, 2.75) is 6.54 Å². The summed E-state index contributed by atoms with van der Waals surface area (Å²) >= 11 is 0. The maximum absolute atomic E-state index is 5.23. The summed E-state index contributed by atoms with van der Waals surface area (Å²) in [5.41, 5.74) is 2.97. The molecule has 0 N–H and O–H groups in total. The molecule has 0 unspecified atom stereocenters. The highest BCUT2D eigenvalue weighted by atomic mass is 16.5. The average molecular weight is 295 g/mol. The SMILES string of the molecule is COc1ccc(-c2cn(Cc3cccc(OC)c3)nn2)cc1. The molecule has 0 bridgehead atoms. The number of rotatable bonds is 5. The van der Waals surface area contributed by atoms with Crippen molar-refractivity contribution in [3.8, 4) is 22.8 Å². The molecule has 0 spiro atoms. The van der Waals surface area contributed by atoms with Crippen molar-refractivity contribution >= 4 is 0 Å². The van der Waals surface area contributed by atoms with E-state index in [4.69, 9.17) is 9.47 Å². The number of nitrogens with zero attached hydrogens (tertiary/aromatic N) is 3. The first-order valence-corrected chi connectivity index (χ1v) is 6.96. The van der Waals surface area contributed by atoms with Crippen LogP contribution in [0.25, 0.3) is 11.3 Å². The van der Waals surface area contributed by atoms with Gasteiger partial charge < -0.3 is 9.47 Å². The molecule has 3 rings (SSSR count). The molecule has 0 aliphatic rings. The lowest BCUT2D eigenvalue weighted by atomic mass is 10.1. The van der Waals surface area contributed by atoms with Crippen LogP contribution in [0.3, 0.4) is 0 Å². The van der Waals surface area contributed by atoms with Crippen molar-refractivity contribution in [1.29, 1.82) is 0 Å². The quantitative estimate of drug-likeness (QED) is 0.726. The summed E-state index contributed by atoms with van der Waals surface area (Å²) in [7, 11) is 3.32. The Morgan fingerprint density at radius 1 is 0.955 bits per heavy atom. The molecule has 2 aromatic carbocycles. The van der Waals surface area contributed by atoms with Gasteiger partial charge >= 0.3 is 0 Å². The third-order valence-corrected chi connectivity index (χ3v) is 3.40. The van der Waals surface area contributed by atoms with Crippen LogP contribution in [0, 0.1) is 0 Å². The van der Waals surface area contributed by atoms with Gasteiger partial charge in [0, 0.05) is 5.56 Å². The fourth-order valence-corrected chi connectivity index (χ4v) is 2.23. The molecule has 112 valence electrons. The van der Waals surface area contributed by atoms with Gasteiger partial charge in [-0.05, 0) is 42.0 Å². The van der Waals surface area contributed by atoms with Crippen LogP contribution in [-0.2, 0) is 6.54 Å². The lowest BCUT2D eigenvalue weighted by molar-refractivity contribution is 0.414. The fourth-order valence-electron chi connectivity index (χ4n) is 2.23. The third kappa shape index (κ3) is 3.09. The Balaban J connectivity index is 1.77. The standard InChI is InChI=1S/C17H17N3O2/c1-21-15-8-6-14(7-9-15)17-12-20(19-18-17)11-13-4-3-5-16(10-13)22-2/h3-10,12H,11H2,1-2H3. The number of hydrogen-bond donors (Lipinski definition) is 0. The van der Waals surface area contributed by atoms with Crippen LogP contribution in [-0.4, -0.2) is 29.2 Å². The van der Waals surface area contributed by atoms with Crippen LogP contribution in [0.4, 0.5) is 0 Å². The number of hydrogen-bond acceptors (Lipinski definition) is 4. The van der Waals surface area contributed by atoms with E-state index in [1.165, 1.54) is 0 Å². The summed E-state index contributed by atoms with van der Waals surface area (Å²) in [6.07, 6.45) is 1.93. The van der Waals surface area contributed by atoms with Crippen molar-refractivity contribution in [3.63, 3.8) is 0 Å². The van der Waals surface area contributed by atoms with Gasteiger partial charge in [-0.25, -0.2) is 4.68 Å². The summed E-state index contributed by atoms with van der Waals surface area (Å²) in [5.74, 6) is 1.67. The van der Waals surface area contributed by atoms with E-state index in [1.54, 1.807) is 14.2 Å². The Kier molecular flexibility index (Phi) is 4.05. The predicted octanol–water partition coefficient (Wildman–Crippen LogP) is 3.01. The van der Waals surface area contributed by atoms with E-state index >= 15 is 0 Å². The zero-order valence-corrected chi connectivity index (χ0v) is 12.6. The summed E-state index contributed by atoms with van der Waals surface area (Å²) in [6.45, 7) is 0.653. The minimum absolute atomic E-state index is 0.653. The molecule has 1 aromatic heterocycles. The number of methoxy groups -OCH3 is 2. The summed E-state index contributed by atoms with van der Waals surface area (Å²) < 4.78 is 12.2. The third-order valence-electron chi connectivity index (χ3n) is 3.40. The van der Waals surface area contributed by atoms with Gasteiger partial charge in [0.1, 0.15) is 17.2 Å². The van der Waals surface area contributed by atoms with Gasteiger partial charge in [-0.15, -0.1) is 5.10 Å². The molecular weight excluding hydrogens is 278 g/mol. The average Bonchev–Trinajstić information content (AvgIpc) is 3.03. The van der Waals surface area contributed by atoms with Gasteiger partial charge in [-0.3, -0.25) is 0 Å². The minimum atomic E-state index is 0.653. The smallest absolute Gasteiger partial charge is 0.119 e. The van der Waals surface area contributed by atoms with Crippen molar-refractivity contribution in [2.24, 2.45) is 0 Å². The molecule has 5 nitrogen and oxygen atoms in total. The lowest BCUT2D eigenvalue weighted by Gasteiger charge is -2.04. The molecule has 0 fully saturated rings. The molecule has 0 atom stereocenters. The normalized spacial score (nSPS) is 10.5. The molecule has 0 radical (unpaired) electrons. The monoisotopic (exact) mass is 295 g/mol. The van der Waals surface area contributed by atoms with Crippen LogP contribution < -0.4 is 9.47 Å². The van der Waals surface area contributed by atoms with Crippen molar-refractivity contribution < 1.29 is 9.47 Å². The maximum atomic E-state index is 5.23. The predicted molar refractivity (Wildman–Crippen MR) is 84.1 cm³/mol. The molecular formula is C17H17N3O2. The van der Waals surface area contributed by atoms with E-state index in [0.717, 1.165) is 28.3 Å². The Hall–Kier alpha value is -2.82. The molecule has 5 heteroatoms. The molecule has 0 aliphatic carbocycles. The highest BCUT2D eigenvalue weighted by Gasteiger charge is 2.05. The van der Waals surface area contributed by atoms with E-state index in [9.17, 15) is 0 Å². The summed E-state index contributed by atoms with van der Waals surface area (Å²) in [5, 5.41) is 8.40. The van der Waals surface area contributed by atoms with Crippen molar-refractivity contribution in [1.82, 2.24) is 15.0 Å². The van der Waals surface area contributed by atoms with Crippen molar-refractivity contribution in [3.05, 3.63) is 60.3 Å². The second-order valence-electron chi connectivity index (χ2n) is 4.88. The first kappa shape index (κ1) is 14.1. The van der Waals surface area contributed by atoms with Crippen LogP contribution in [0.5, 0.6) is 11.5 Å². The van der Waals surface area contributed by atoms with Gasteiger partial charge in [0.25, 0.3) is 0 Å². The molecule has 0 amide bonds. The van der Waals surface area contributed by atoms with Crippen LogP contribution in [0.2, 0.25) is 0 Å². The van der Waals surface area contributed by atoms with E-state index < -0.39 is 0 Å². The second kappa shape index (κ2) is 6.30. The van der Waals surface area contributed by atoms with Gasteiger partial charge in [0.2, 0.25) is 0 Å². The lowest BCUT2D eigenvalue weighted by Crippen LogP contribution is -2.00. The van der Waals surface area contributed by atoms with Gasteiger partial charge in [-0.1, -0.05) is 17.3 Å². The molecule has 0 aliphatic heterocycles. The molecule has 3 aromatic rings. The molecule has 0 saturated heterocycles. The molecule has 0 saturated carbocycles. The van der Waals surface area contributed by atoms with Crippen LogP contribution in [0.15, 0.2) is 54.7 Å². The summed E-state index contributed by atoms with van der Waals surface area (Å²) in [6, 6.07) is 15.7.